The lowest BCUT2D eigenvalue weighted by Gasteiger charge is -2.25. The summed E-state index contributed by atoms with van der Waals surface area (Å²) in [5, 5.41) is 3.97. The van der Waals surface area contributed by atoms with Gasteiger partial charge < -0.3 is 4.74 Å². The molecule has 0 aliphatic heterocycles. The van der Waals surface area contributed by atoms with Crippen LogP contribution in [-0.2, 0) is 14.8 Å². The van der Waals surface area contributed by atoms with E-state index in [0.717, 1.165) is 15.4 Å². The molecule has 0 radical (unpaired) electrons. The highest BCUT2D eigenvalue weighted by Gasteiger charge is 2.29. The fourth-order valence-corrected chi connectivity index (χ4v) is 4.51. The van der Waals surface area contributed by atoms with Gasteiger partial charge in [-0.1, -0.05) is 60.2 Å². The van der Waals surface area contributed by atoms with Crippen LogP contribution in [0.1, 0.15) is 18.1 Å². The highest BCUT2D eigenvalue weighted by Crippen LogP contribution is 2.32. The number of ether oxygens (including phenoxy) is 1. The Bertz CT molecular complexity index is 1190. The van der Waals surface area contributed by atoms with Crippen LogP contribution in [0.4, 0.5) is 5.69 Å². The van der Waals surface area contributed by atoms with Gasteiger partial charge >= 0.3 is 0 Å². The average molecular weight is 452 g/mol. The summed E-state index contributed by atoms with van der Waals surface area (Å²) < 4.78 is 33.5. The van der Waals surface area contributed by atoms with Gasteiger partial charge in [-0.2, -0.15) is 5.10 Å². The predicted octanol–water partition coefficient (Wildman–Crippen LogP) is 3.74. The molecule has 7 nitrogen and oxygen atoms in total. The molecule has 3 aromatic rings. The van der Waals surface area contributed by atoms with E-state index in [2.05, 4.69) is 10.5 Å². The number of rotatable bonds is 9. The Labute approximate surface area is 188 Å². The molecule has 32 heavy (non-hydrogen) atoms. The molecule has 0 aliphatic rings. The molecule has 0 bridgehead atoms. The summed E-state index contributed by atoms with van der Waals surface area (Å²) in [6, 6.07) is 22.3. The van der Waals surface area contributed by atoms with Crippen molar-refractivity contribution in [3.63, 3.8) is 0 Å². The Morgan fingerprint density at radius 2 is 1.75 bits per heavy atom. The third-order valence-electron chi connectivity index (χ3n) is 4.50. The number of para-hydroxylation sites is 2. The summed E-state index contributed by atoms with van der Waals surface area (Å²) in [5.74, 6) is -0.217. The number of aryl methyl sites for hydroxylation is 1. The van der Waals surface area contributed by atoms with Crippen molar-refractivity contribution in [1.82, 2.24) is 5.43 Å². The predicted molar refractivity (Wildman–Crippen MR) is 126 cm³/mol. The number of benzene rings is 3. The van der Waals surface area contributed by atoms with Crippen molar-refractivity contribution >= 4 is 27.8 Å². The lowest BCUT2D eigenvalue weighted by Crippen LogP contribution is -2.39. The summed E-state index contributed by atoms with van der Waals surface area (Å²) in [7, 11) is -4.03. The van der Waals surface area contributed by atoms with Crippen molar-refractivity contribution in [3.05, 3.63) is 90.0 Å². The molecule has 0 saturated heterocycles. The van der Waals surface area contributed by atoms with Crippen LogP contribution in [0, 0.1) is 6.92 Å². The van der Waals surface area contributed by atoms with E-state index in [0.29, 0.717) is 12.4 Å². The Hall–Kier alpha value is -3.65. The molecule has 0 fully saturated rings. The fourth-order valence-electron chi connectivity index (χ4n) is 3.06. The van der Waals surface area contributed by atoms with Crippen LogP contribution in [-0.4, -0.2) is 33.7 Å². The average Bonchev–Trinajstić information content (AvgIpc) is 2.79. The van der Waals surface area contributed by atoms with Gasteiger partial charge in [0.2, 0.25) is 0 Å². The monoisotopic (exact) mass is 451 g/mol. The molecule has 0 atom stereocenters. The summed E-state index contributed by atoms with van der Waals surface area (Å²) >= 11 is 0. The maximum atomic E-state index is 13.4. The van der Waals surface area contributed by atoms with E-state index < -0.39 is 22.5 Å². The third kappa shape index (κ3) is 5.73. The largest absolute Gasteiger partial charge is 0.492 e. The maximum absolute atomic E-state index is 13.4. The van der Waals surface area contributed by atoms with Gasteiger partial charge in [-0.25, -0.2) is 13.8 Å². The van der Waals surface area contributed by atoms with Gasteiger partial charge in [0.05, 0.1) is 23.4 Å². The first-order valence-electron chi connectivity index (χ1n) is 10.1. The lowest BCUT2D eigenvalue weighted by atomic mass is 10.2. The van der Waals surface area contributed by atoms with Crippen LogP contribution in [0.5, 0.6) is 5.75 Å². The summed E-state index contributed by atoms with van der Waals surface area (Å²) in [4.78, 5) is 12.7. The second kappa shape index (κ2) is 10.6. The van der Waals surface area contributed by atoms with Crippen LogP contribution in [0.15, 0.2) is 88.9 Å². The van der Waals surface area contributed by atoms with Gasteiger partial charge in [-0.3, -0.25) is 9.10 Å². The minimum absolute atomic E-state index is 0.0716. The molecule has 1 N–H and O–H groups in total. The topological polar surface area (TPSA) is 88.1 Å². The second-order valence-corrected chi connectivity index (χ2v) is 8.80. The first-order chi connectivity index (χ1) is 15.4. The minimum atomic E-state index is -4.03. The van der Waals surface area contributed by atoms with E-state index in [4.69, 9.17) is 4.74 Å². The molecule has 0 unspecified atom stereocenters. The van der Waals surface area contributed by atoms with Gasteiger partial charge in [-0.15, -0.1) is 0 Å². The van der Waals surface area contributed by atoms with Crippen LogP contribution < -0.4 is 14.5 Å². The van der Waals surface area contributed by atoms with Crippen LogP contribution in [0.25, 0.3) is 0 Å². The zero-order valence-electron chi connectivity index (χ0n) is 17.9. The molecule has 8 heteroatoms. The summed E-state index contributed by atoms with van der Waals surface area (Å²) in [5.41, 5.74) is 4.57. The molecular formula is C24H25N3O4S. The van der Waals surface area contributed by atoms with Crippen molar-refractivity contribution in [1.29, 1.82) is 0 Å². The van der Waals surface area contributed by atoms with Crippen LogP contribution >= 0.6 is 0 Å². The van der Waals surface area contributed by atoms with Gasteiger partial charge in [0, 0.05) is 0 Å². The highest BCUT2D eigenvalue weighted by molar-refractivity contribution is 7.92. The molecule has 0 saturated carbocycles. The molecule has 0 aromatic heterocycles. The summed E-state index contributed by atoms with van der Waals surface area (Å²) in [6.45, 7) is 3.65. The number of sulfonamides is 1. The van der Waals surface area contributed by atoms with Gasteiger partial charge in [0.25, 0.3) is 15.9 Å². The number of hydrogen-bond acceptors (Lipinski definition) is 5. The van der Waals surface area contributed by atoms with Crippen molar-refractivity contribution in [2.45, 2.75) is 18.7 Å². The molecule has 0 aliphatic carbocycles. The molecule has 0 heterocycles. The first kappa shape index (κ1) is 23.0. The Balaban J connectivity index is 1.89. The van der Waals surface area contributed by atoms with Gasteiger partial charge in [0.15, 0.2) is 0 Å². The third-order valence-corrected chi connectivity index (χ3v) is 6.27. The van der Waals surface area contributed by atoms with Crippen molar-refractivity contribution in [3.8, 4) is 5.75 Å². The number of anilines is 1. The molecule has 1 amide bonds. The van der Waals surface area contributed by atoms with Crippen LogP contribution in [0.2, 0.25) is 0 Å². The number of carbonyl (C=O) groups excluding carboxylic acids is 1. The number of nitrogens with one attached hydrogen (secondary N) is 1. The molecule has 3 aromatic carbocycles. The van der Waals surface area contributed by atoms with Crippen LogP contribution in [0.3, 0.4) is 0 Å². The van der Waals surface area contributed by atoms with E-state index in [1.807, 2.05) is 31.2 Å². The highest BCUT2D eigenvalue weighted by atomic mass is 32.2. The number of nitrogens with zero attached hydrogens (tertiary/aromatic N) is 2. The Morgan fingerprint density at radius 1 is 1.03 bits per heavy atom. The van der Waals surface area contributed by atoms with Gasteiger partial charge in [-0.05, 0) is 43.7 Å². The van der Waals surface area contributed by atoms with Crippen molar-refractivity contribution < 1.29 is 17.9 Å². The molecular weight excluding hydrogens is 426 g/mol. The zero-order valence-corrected chi connectivity index (χ0v) is 18.7. The summed E-state index contributed by atoms with van der Waals surface area (Å²) in [6.07, 6.45) is 1.51. The van der Waals surface area contributed by atoms with Crippen molar-refractivity contribution in [2.75, 3.05) is 17.5 Å². The number of hydrazone groups is 1. The quantitative estimate of drug-likeness (QED) is 0.397. The smallest absolute Gasteiger partial charge is 0.264 e. The number of hydrogen-bond donors (Lipinski definition) is 1. The van der Waals surface area contributed by atoms with Gasteiger partial charge in [0.1, 0.15) is 12.3 Å². The van der Waals surface area contributed by atoms with E-state index in [1.165, 1.54) is 18.3 Å². The van der Waals surface area contributed by atoms with E-state index in [-0.39, 0.29) is 10.6 Å². The number of carbonyl (C=O) groups is 1. The normalized spacial score (nSPS) is 11.3. The second-order valence-electron chi connectivity index (χ2n) is 6.93. The maximum Gasteiger partial charge on any atom is 0.264 e. The Kier molecular flexibility index (Phi) is 7.62. The molecule has 3 rings (SSSR count). The number of amides is 1. The SMILES string of the molecule is CCOc1ccccc1N(CC(=O)N/N=C\c1cccc(C)c1)S(=O)(=O)c1ccccc1. The zero-order chi connectivity index (χ0) is 23.0. The minimum Gasteiger partial charge on any atom is -0.492 e. The molecule has 166 valence electrons. The molecule has 0 spiro atoms. The van der Waals surface area contributed by atoms with Crippen molar-refractivity contribution in [2.24, 2.45) is 5.10 Å². The standard InChI is InChI=1S/C24H25N3O4S/c1-3-31-23-15-8-7-14-22(23)27(32(29,30)21-12-5-4-6-13-21)18-24(28)26-25-17-20-11-9-10-19(2)16-20/h4-17H,3,18H2,1-2H3,(H,26,28)/b25-17-. The van der Waals surface area contributed by atoms with E-state index >= 15 is 0 Å². The van der Waals surface area contributed by atoms with E-state index in [1.54, 1.807) is 49.4 Å². The lowest BCUT2D eigenvalue weighted by molar-refractivity contribution is -0.119. The first-order valence-corrected chi connectivity index (χ1v) is 11.5. The van der Waals surface area contributed by atoms with E-state index in [9.17, 15) is 13.2 Å². The Morgan fingerprint density at radius 3 is 2.47 bits per heavy atom. The fraction of sp³-hybridized carbons (Fsp3) is 0.167.